The number of nitrogens with one attached hydrogen (secondary N) is 1. The Labute approximate surface area is 186 Å². The number of likely N-dealkylation sites (N-methyl/N-ethyl adjacent to an activating group) is 2. The molecule has 1 atom stereocenters. The van der Waals surface area contributed by atoms with Gasteiger partial charge in [-0.2, -0.15) is 11.8 Å². The first-order valence-electron chi connectivity index (χ1n) is 9.77. The van der Waals surface area contributed by atoms with Gasteiger partial charge in [0.05, 0.1) is 12.3 Å². The highest BCUT2D eigenvalue weighted by molar-refractivity contribution is 14.0. The minimum Gasteiger partial charge on any atom is -0.357 e. The van der Waals surface area contributed by atoms with E-state index in [0.29, 0.717) is 25.7 Å². The van der Waals surface area contributed by atoms with Gasteiger partial charge in [-0.1, -0.05) is 6.92 Å². The van der Waals surface area contributed by atoms with Crippen molar-refractivity contribution in [3.05, 3.63) is 0 Å². The highest BCUT2D eigenvalue weighted by Crippen LogP contribution is 2.17. The second-order valence-corrected chi connectivity index (χ2v) is 10.2. The molecule has 0 spiro atoms. The Kier molecular flexibility index (Phi) is 11.9. The Morgan fingerprint density at radius 3 is 2.59 bits per heavy atom. The molecular formula is C17H36IN5O2S2. The molecule has 2 fully saturated rings. The summed E-state index contributed by atoms with van der Waals surface area (Å²) in [5.41, 5.74) is 0. The van der Waals surface area contributed by atoms with Crippen molar-refractivity contribution in [2.45, 2.75) is 32.7 Å². The number of halogens is 1. The molecule has 0 radical (unpaired) electrons. The number of thioether (sulfide) groups is 1. The van der Waals surface area contributed by atoms with Crippen LogP contribution >= 0.6 is 35.7 Å². The lowest BCUT2D eigenvalue weighted by Gasteiger charge is -2.30. The first-order chi connectivity index (χ1) is 12.5. The van der Waals surface area contributed by atoms with E-state index >= 15 is 0 Å². The van der Waals surface area contributed by atoms with E-state index in [4.69, 9.17) is 0 Å². The fraction of sp³-hybridized carbons (Fsp3) is 0.941. The summed E-state index contributed by atoms with van der Waals surface area (Å²) in [7, 11) is -1.15. The number of aliphatic imine (C=N–C) groups is 1. The molecule has 0 aromatic carbocycles. The highest BCUT2D eigenvalue weighted by Gasteiger charge is 2.26. The monoisotopic (exact) mass is 533 g/mol. The van der Waals surface area contributed by atoms with Gasteiger partial charge in [0, 0.05) is 50.8 Å². The van der Waals surface area contributed by atoms with E-state index in [1.54, 1.807) is 4.31 Å². The Morgan fingerprint density at radius 1 is 1.26 bits per heavy atom. The van der Waals surface area contributed by atoms with E-state index in [2.05, 4.69) is 27.0 Å². The smallest absolute Gasteiger partial charge is 0.215 e. The number of guanidine groups is 1. The lowest BCUT2D eigenvalue weighted by atomic mass is 10.2. The van der Waals surface area contributed by atoms with Crippen LogP contribution in [0, 0.1) is 0 Å². The van der Waals surface area contributed by atoms with Crippen LogP contribution in [0.1, 0.15) is 26.7 Å². The fourth-order valence-electron chi connectivity index (χ4n) is 3.61. The van der Waals surface area contributed by atoms with Crippen molar-refractivity contribution < 1.29 is 8.42 Å². The number of hydrogen-bond donors (Lipinski definition) is 1. The highest BCUT2D eigenvalue weighted by atomic mass is 127. The average Bonchev–Trinajstić information content (AvgIpc) is 3.08. The van der Waals surface area contributed by atoms with Crippen LogP contribution in [0.25, 0.3) is 0 Å². The molecule has 2 rings (SSSR count). The van der Waals surface area contributed by atoms with Gasteiger partial charge in [-0.3, -0.25) is 9.89 Å². The molecule has 0 bridgehead atoms. The average molecular weight is 534 g/mol. The van der Waals surface area contributed by atoms with Crippen molar-refractivity contribution in [2.75, 3.05) is 70.1 Å². The standard InChI is InChI=1S/C17H35N5O2S2.HI/c1-4-18-17(20(3)15-16-7-6-9-21(16)5-2)19-8-14-26(23,24)22-10-12-25-13-11-22;/h16H,4-15H2,1-3H3,(H,18,19);1H. The molecule has 2 aliphatic rings. The zero-order valence-electron chi connectivity index (χ0n) is 16.9. The Hall–Kier alpha value is 0.220. The van der Waals surface area contributed by atoms with E-state index in [1.165, 1.54) is 19.4 Å². The number of likely N-dealkylation sites (tertiary alicyclic amines) is 1. The van der Waals surface area contributed by atoms with E-state index in [1.807, 2.05) is 25.7 Å². The minimum atomic E-state index is -3.20. The molecule has 0 aromatic heterocycles. The summed E-state index contributed by atoms with van der Waals surface area (Å²) in [5, 5.41) is 3.30. The molecule has 1 N–H and O–H groups in total. The quantitative estimate of drug-likeness (QED) is 0.289. The molecular weight excluding hydrogens is 497 g/mol. The van der Waals surface area contributed by atoms with Gasteiger partial charge in [0.25, 0.3) is 0 Å². The summed E-state index contributed by atoms with van der Waals surface area (Å²) in [6.07, 6.45) is 2.48. The van der Waals surface area contributed by atoms with Crippen LogP contribution in [-0.4, -0.2) is 105 Å². The van der Waals surface area contributed by atoms with Crippen molar-refractivity contribution in [2.24, 2.45) is 4.99 Å². The third-order valence-electron chi connectivity index (χ3n) is 5.06. The summed E-state index contributed by atoms with van der Waals surface area (Å²) in [6.45, 7) is 9.78. The zero-order chi connectivity index (χ0) is 19.0. The molecule has 1 unspecified atom stereocenters. The molecule has 0 saturated carbocycles. The molecule has 2 aliphatic heterocycles. The zero-order valence-corrected chi connectivity index (χ0v) is 20.9. The van der Waals surface area contributed by atoms with Gasteiger partial charge in [0.15, 0.2) is 5.96 Å². The van der Waals surface area contributed by atoms with Crippen molar-refractivity contribution in [3.8, 4) is 0 Å². The largest absolute Gasteiger partial charge is 0.357 e. The predicted molar refractivity (Wildman–Crippen MR) is 127 cm³/mol. The molecule has 0 amide bonds. The van der Waals surface area contributed by atoms with Gasteiger partial charge in [-0.15, -0.1) is 24.0 Å². The summed E-state index contributed by atoms with van der Waals surface area (Å²) in [4.78, 5) is 9.25. The van der Waals surface area contributed by atoms with Crippen LogP contribution < -0.4 is 5.32 Å². The SMILES string of the molecule is CCNC(=NCCS(=O)(=O)N1CCSCC1)N(C)CC1CCCN1CC.I. The Balaban J connectivity index is 0.00000364. The summed E-state index contributed by atoms with van der Waals surface area (Å²) in [5.74, 6) is 2.68. The van der Waals surface area contributed by atoms with E-state index in [9.17, 15) is 8.42 Å². The molecule has 2 saturated heterocycles. The maximum Gasteiger partial charge on any atom is 0.215 e. The normalized spacial score (nSPS) is 22.5. The van der Waals surface area contributed by atoms with E-state index < -0.39 is 10.0 Å². The first kappa shape index (κ1) is 25.3. The number of sulfonamides is 1. The van der Waals surface area contributed by atoms with Crippen molar-refractivity contribution in [1.82, 2.24) is 19.4 Å². The van der Waals surface area contributed by atoms with Gasteiger partial charge >= 0.3 is 0 Å². The van der Waals surface area contributed by atoms with Crippen LogP contribution in [0.4, 0.5) is 0 Å². The topological polar surface area (TPSA) is 68.2 Å². The summed E-state index contributed by atoms with van der Waals surface area (Å²) < 4.78 is 26.5. The molecule has 7 nitrogen and oxygen atoms in total. The predicted octanol–water partition coefficient (Wildman–Crippen LogP) is 1.36. The maximum absolute atomic E-state index is 12.5. The van der Waals surface area contributed by atoms with E-state index in [-0.39, 0.29) is 29.7 Å². The van der Waals surface area contributed by atoms with Crippen molar-refractivity contribution in [1.29, 1.82) is 0 Å². The van der Waals surface area contributed by atoms with Crippen LogP contribution in [0.15, 0.2) is 4.99 Å². The Morgan fingerprint density at radius 2 is 1.96 bits per heavy atom. The Bertz CT molecular complexity index is 556. The van der Waals surface area contributed by atoms with Crippen LogP contribution in [-0.2, 0) is 10.0 Å². The number of hydrogen-bond acceptors (Lipinski definition) is 5. The van der Waals surface area contributed by atoms with Crippen molar-refractivity contribution in [3.63, 3.8) is 0 Å². The lowest BCUT2D eigenvalue weighted by Crippen LogP contribution is -2.46. The molecule has 0 aliphatic carbocycles. The third kappa shape index (κ3) is 7.87. The molecule has 27 heavy (non-hydrogen) atoms. The fourth-order valence-corrected chi connectivity index (χ4v) is 6.06. The molecule has 2 heterocycles. The van der Waals surface area contributed by atoms with Gasteiger partial charge < -0.3 is 10.2 Å². The number of rotatable bonds is 8. The van der Waals surface area contributed by atoms with Crippen LogP contribution in [0.5, 0.6) is 0 Å². The molecule has 10 heteroatoms. The van der Waals surface area contributed by atoms with Gasteiger partial charge in [-0.25, -0.2) is 12.7 Å². The van der Waals surface area contributed by atoms with Crippen molar-refractivity contribution >= 4 is 51.7 Å². The third-order valence-corrected chi connectivity index (χ3v) is 7.85. The first-order valence-corrected chi connectivity index (χ1v) is 12.5. The lowest BCUT2D eigenvalue weighted by molar-refractivity contribution is 0.233. The second-order valence-electron chi connectivity index (χ2n) is 6.87. The van der Waals surface area contributed by atoms with Gasteiger partial charge in [0.1, 0.15) is 0 Å². The molecule has 160 valence electrons. The van der Waals surface area contributed by atoms with E-state index in [0.717, 1.165) is 37.1 Å². The van der Waals surface area contributed by atoms with Gasteiger partial charge in [0.2, 0.25) is 10.0 Å². The number of nitrogens with zero attached hydrogens (tertiary/aromatic N) is 4. The van der Waals surface area contributed by atoms with Crippen LogP contribution in [0.3, 0.4) is 0 Å². The second kappa shape index (κ2) is 12.7. The maximum atomic E-state index is 12.5. The van der Waals surface area contributed by atoms with Crippen LogP contribution in [0.2, 0.25) is 0 Å². The molecule has 0 aromatic rings. The van der Waals surface area contributed by atoms with Gasteiger partial charge in [-0.05, 0) is 32.9 Å². The summed E-state index contributed by atoms with van der Waals surface area (Å²) in [6, 6.07) is 0.559. The minimum absolute atomic E-state index is 0. The summed E-state index contributed by atoms with van der Waals surface area (Å²) >= 11 is 1.82.